The summed E-state index contributed by atoms with van der Waals surface area (Å²) in [5.74, 6) is 0.881. The van der Waals surface area contributed by atoms with Gasteiger partial charge in [-0.05, 0) is 55.9 Å². The fourth-order valence-corrected chi connectivity index (χ4v) is 2.65. The van der Waals surface area contributed by atoms with E-state index < -0.39 is 5.41 Å². The normalized spacial score (nSPS) is 26.9. The average molecular weight is 262 g/mol. The maximum atomic E-state index is 12.5. The van der Waals surface area contributed by atoms with Crippen LogP contribution >= 0.6 is 0 Å². The third-order valence-electron chi connectivity index (χ3n) is 4.23. The molecular formula is C15H22N2O2. The molecule has 2 rings (SSSR count). The van der Waals surface area contributed by atoms with Gasteiger partial charge in [0.2, 0.25) is 5.91 Å². The molecule has 1 aromatic carbocycles. The van der Waals surface area contributed by atoms with Crippen molar-refractivity contribution < 1.29 is 9.90 Å². The maximum absolute atomic E-state index is 12.5. The number of nitrogens with one attached hydrogen (secondary N) is 1. The van der Waals surface area contributed by atoms with Crippen LogP contribution in [-0.2, 0) is 4.79 Å². The highest BCUT2D eigenvalue weighted by Gasteiger charge is 2.39. The molecule has 1 aromatic rings. The SMILES string of the molecule is CC1CCC(CN)(C(=O)Nc2ccc(O)cc2)CC1. The van der Waals surface area contributed by atoms with Gasteiger partial charge in [0.15, 0.2) is 0 Å². The number of hydrogen-bond acceptors (Lipinski definition) is 3. The quantitative estimate of drug-likeness (QED) is 0.732. The van der Waals surface area contributed by atoms with Gasteiger partial charge in [-0.25, -0.2) is 0 Å². The summed E-state index contributed by atoms with van der Waals surface area (Å²) >= 11 is 0. The number of nitrogens with two attached hydrogens (primary N) is 1. The molecule has 104 valence electrons. The van der Waals surface area contributed by atoms with E-state index in [1.54, 1.807) is 24.3 Å². The van der Waals surface area contributed by atoms with Gasteiger partial charge < -0.3 is 16.2 Å². The van der Waals surface area contributed by atoms with Gasteiger partial charge in [-0.15, -0.1) is 0 Å². The Bertz CT molecular complexity index is 434. The van der Waals surface area contributed by atoms with E-state index in [0.717, 1.165) is 25.7 Å². The summed E-state index contributed by atoms with van der Waals surface area (Å²) in [5.41, 5.74) is 6.14. The zero-order valence-corrected chi connectivity index (χ0v) is 11.4. The van der Waals surface area contributed by atoms with Crippen LogP contribution in [0, 0.1) is 11.3 Å². The molecule has 4 N–H and O–H groups in total. The van der Waals surface area contributed by atoms with Gasteiger partial charge >= 0.3 is 0 Å². The van der Waals surface area contributed by atoms with Crippen LogP contribution in [0.3, 0.4) is 0 Å². The lowest BCUT2D eigenvalue weighted by Gasteiger charge is -2.37. The molecule has 0 bridgehead atoms. The predicted molar refractivity (Wildman–Crippen MR) is 75.9 cm³/mol. The van der Waals surface area contributed by atoms with Gasteiger partial charge in [0.25, 0.3) is 0 Å². The van der Waals surface area contributed by atoms with Crippen LogP contribution in [0.25, 0.3) is 0 Å². The molecule has 0 aliphatic heterocycles. The Hall–Kier alpha value is -1.55. The Balaban J connectivity index is 2.06. The van der Waals surface area contributed by atoms with Gasteiger partial charge in [-0.3, -0.25) is 4.79 Å². The number of phenolic OH excluding ortho intramolecular Hbond substituents is 1. The molecule has 1 fully saturated rings. The van der Waals surface area contributed by atoms with Gasteiger partial charge in [0, 0.05) is 12.2 Å². The second kappa shape index (κ2) is 5.61. The first-order valence-electron chi connectivity index (χ1n) is 6.86. The molecule has 1 aliphatic rings. The topological polar surface area (TPSA) is 75.4 Å². The van der Waals surface area contributed by atoms with Crippen molar-refractivity contribution in [3.63, 3.8) is 0 Å². The summed E-state index contributed by atoms with van der Waals surface area (Å²) in [7, 11) is 0. The van der Waals surface area contributed by atoms with Gasteiger partial charge in [0.1, 0.15) is 5.75 Å². The number of benzene rings is 1. The summed E-state index contributed by atoms with van der Waals surface area (Å²) in [6.45, 7) is 2.61. The summed E-state index contributed by atoms with van der Waals surface area (Å²) in [6, 6.07) is 6.52. The summed E-state index contributed by atoms with van der Waals surface area (Å²) in [6.07, 6.45) is 3.82. The van der Waals surface area contributed by atoms with E-state index in [4.69, 9.17) is 5.73 Å². The minimum Gasteiger partial charge on any atom is -0.508 e. The van der Waals surface area contributed by atoms with Crippen LogP contribution in [0.1, 0.15) is 32.6 Å². The van der Waals surface area contributed by atoms with Crippen LogP contribution in [0.2, 0.25) is 0 Å². The molecule has 1 aliphatic carbocycles. The number of amides is 1. The third kappa shape index (κ3) is 3.07. The van der Waals surface area contributed by atoms with E-state index in [2.05, 4.69) is 12.2 Å². The fourth-order valence-electron chi connectivity index (χ4n) is 2.65. The smallest absolute Gasteiger partial charge is 0.231 e. The van der Waals surface area contributed by atoms with Crippen molar-refractivity contribution in [3.8, 4) is 5.75 Å². The number of carbonyl (C=O) groups is 1. The summed E-state index contributed by atoms with van der Waals surface area (Å²) in [5, 5.41) is 12.1. The first kappa shape index (κ1) is 13.9. The highest BCUT2D eigenvalue weighted by molar-refractivity contribution is 5.95. The van der Waals surface area contributed by atoms with Gasteiger partial charge in [-0.1, -0.05) is 6.92 Å². The maximum Gasteiger partial charge on any atom is 0.231 e. The molecule has 4 nitrogen and oxygen atoms in total. The molecule has 0 heterocycles. The molecule has 0 spiro atoms. The van der Waals surface area contributed by atoms with Crippen molar-refractivity contribution >= 4 is 11.6 Å². The van der Waals surface area contributed by atoms with E-state index in [1.807, 2.05) is 0 Å². The van der Waals surface area contributed by atoms with E-state index in [9.17, 15) is 9.90 Å². The number of anilines is 1. The van der Waals surface area contributed by atoms with Crippen LogP contribution in [0.5, 0.6) is 5.75 Å². The van der Waals surface area contributed by atoms with Crippen LogP contribution in [0.4, 0.5) is 5.69 Å². The third-order valence-corrected chi connectivity index (χ3v) is 4.23. The molecule has 0 atom stereocenters. The van der Waals surface area contributed by atoms with Gasteiger partial charge in [0.05, 0.1) is 5.41 Å². The second-order valence-electron chi connectivity index (χ2n) is 5.67. The fraction of sp³-hybridized carbons (Fsp3) is 0.533. The zero-order valence-electron chi connectivity index (χ0n) is 11.4. The van der Waals surface area contributed by atoms with E-state index >= 15 is 0 Å². The van der Waals surface area contributed by atoms with Crippen LogP contribution < -0.4 is 11.1 Å². The Morgan fingerprint density at radius 1 is 1.37 bits per heavy atom. The van der Waals surface area contributed by atoms with Gasteiger partial charge in [-0.2, -0.15) is 0 Å². The van der Waals surface area contributed by atoms with Crippen molar-refractivity contribution in [3.05, 3.63) is 24.3 Å². The van der Waals surface area contributed by atoms with E-state index in [1.165, 1.54) is 0 Å². The summed E-state index contributed by atoms with van der Waals surface area (Å²) < 4.78 is 0. The van der Waals surface area contributed by atoms with E-state index in [0.29, 0.717) is 18.2 Å². The van der Waals surface area contributed by atoms with Crippen LogP contribution in [-0.4, -0.2) is 17.6 Å². The minimum atomic E-state index is -0.426. The molecule has 0 unspecified atom stereocenters. The standard InChI is InChI=1S/C15H22N2O2/c1-11-6-8-15(10-16,9-7-11)14(19)17-12-2-4-13(18)5-3-12/h2-5,11,18H,6-10,16H2,1H3,(H,17,19). The predicted octanol–water partition coefficient (Wildman–Crippen LogP) is 2.49. The highest BCUT2D eigenvalue weighted by Crippen LogP contribution is 2.39. The summed E-state index contributed by atoms with van der Waals surface area (Å²) in [4.78, 5) is 12.5. The molecule has 0 radical (unpaired) electrons. The molecule has 1 amide bonds. The van der Waals surface area contributed by atoms with Crippen molar-refractivity contribution in [1.82, 2.24) is 0 Å². The second-order valence-corrected chi connectivity index (χ2v) is 5.67. The van der Waals surface area contributed by atoms with Crippen molar-refractivity contribution in [2.75, 3.05) is 11.9 Å². The minimum absolute atomic E-state index is 0.00703. The molecule has 19 heavy (non-hydrogen) atoms. The molecule has 0 aromatic heterocycles. The Kier molecular flexibility index (Phi) is 4.10. The highest BCUT2D eigenvalue weighted by atomic mass is 16.3. The first-order valence-corrected chi connectivity index (χ1v) is 6.86. The Morgan fingerprint density at radius 3 is 2.47 bits per heavy atom. The lowest BCUT2D eigenvalue weighted by molar-refractivity contribution is -0.127. The zero-order chi connectivity index (χ0) is 13.9. The van der Waals surface area contributed by atoms with Crippen molar-refractivity contribution in [2.45, 2.75) is 32.6 Å². The average Bonchev–Trinajstić information content (AvgIpc) is 2.42. The number of hydrogen-bond donors (Lipinski definition) is 3. The lowest BCUT2D eigenvalue weighted by atomic mass is 9.70. The number of carbonyl (C=O) groups excluding carboxylic acids is 1. The lowest BCUT2D eigenvalue weighted by Crippen LogP contribution is -2.44. The number of aromatic hydroxyl groups is 1. The Labute approximate surface area is 114 Å². The van der Waals surface area contributed by atoms with Crippen molar-refractivity contribution in [1.29, 1.82) is 0 Å². The molecule has 4 heteroatoms. The van der Waals surface area contributed by atoms with E-state index in [-0.39, 0.29) is 11.7 Å². The number of rotatable bonds is 3. The molecular weight excluding hydrogens is 240 g/mol. The number of phenols is 1. The molecule has 1 saturated carbocycles. The monoisotopic (exact) mass is 262 g/mol. The van der Waals surface area contributed by atoms with Crippen LogP contribution in [0.15, 0.2) is 24.3 Å². The largest absolute Gasteiger partial charge is 0.508 e. The molecule has 0 saturated heterocycles. The Morgan fingerprint density at radius 2 is 1.95 bits per heavy atom. The first-order chi connectivity index (χ1) is 9.05. The van der Waals surface area contributed by atoms with Crippen molar-refractivity contribution in [2.24, 2.45) is 17.1 Å².